The van der Waals surface area contributed by atoms with Crippen molar-refractivity contribution in [3.63, 3.8) is 0 Å². The van der Waals surface area contributed by atoms with E-state index in [9.17, 15) is 14.9 Å². The van der Waals surface area contributed by atoms with E-state index < -0.39 is 4.92 Å². The second-order valence-electron chi connectivity index (χ2n) is 3.68. The molecule has 0 saturated carbocycles. The summed E-state index contributed by atoms with van der Waals surface area (Å²) < 4.78 is 0. The number of aryl methyl sites for hydroxylation is 2. The third kappa shape index (κ3) is 2.43. The van der Waals surface area contributed by atoms with E-state index in [1.165, 1.54) is 0 Å². The fourth-order valence-electron chi connectivity index (χ4n) is 1.68. The fraction of sp³-hybridized carbons (Fsp3) is 0.364. The molecule has 0 aliphatic carbocycles. The molecule has 1 aromatic carbocycles. The second kappa shape index (κ2) is 4.85. The Labute approximate surface area is 93.4 Å². The van der Waals surface area contributed by atoms with Crippen molar-refractivity contribution in [2.24, 2.45) is 5.73 Å². The van der Waals surface area contributed by atoms with Crippen LogP contribution in [0.2, 0.25) is 0 Å². The van der Waals surface area contributed by atoms with Gasteiger partial charge < -0.3 is 5.73 Å². The number of hydrogen-bond donors (Lipinski definition) is 1. The highest BCUT2D eigenvalue weighted by atomic mass is 16.6. The van der Waals surface area contributed by atoms with Gasteiger partial charge >= 0.3 is 0 Å². The molecule has 0 amide bonds. The number of Topliss-reactive ketones (excluding diaryl/α,β-unsaturated/α-hetero) is 1. The molecule has 0 saturated heterocycles. The van der Waals surface area contributed by atoms with E-state index >= 15 is 0 Å². The number of ketones is 1. The Bertz CT molecular complexity index is 418. The van der Waals surface area contributed by atoms with Crippen molar-refractivity contribution in [1.82, 2.24) is 0 Å². The first-order valence-electron chi connectivity index (χ1n) is 4.96. The maximum atomic E-state index is 11.6. The number of benzene rings is 1. The van der Waals surface area contributed by atoms with Crippen molar-refractivity contribution in [2.45, 2.75) is 20.3 Å². The van der Waals surface area contributed by atoms with Crippen LogP contribution in [0.15, 0.2) is 12.1 Å². The zero-order valence-corrected chi connectivity index (χ0v) is 9.32. The summed E-state index contributed by atoms with van der Waals surface area (Å²) in [5, 5.41) is 10.8. The first kappa shape index (κ1) is 12.3. The number of carbonyl (C=O) groups excluding carboxylic acids is 1. The Morgan fingerprint density at radius 3 is 2.25 bits per heavy atom. The molecule has 16 heavy (non-hydrogen) atoms. The van der Waals surface area contributed by atoms with Gasteiger partial charge in [0.25, 0.3) is 5.69 Å². The van der Waals surface area contributed by atoms with Crippen LogP contribution in [0.1, 0.15) is 27.9 Å². The number of nitrogens with zero attached hydrogens (tertiary/aromatic N) is 1. The lowest BCUT2D eigenvalue weighted by atomic mass is 10.0. The van der Waals surface area contributed by atoms with Crippen LogP contribution in [0.3, 0.4) is 0 Å². The minimum absolute atomic E-state index is 0.0734. The predicted molar refractivity (Wildman–Crippen MR) is 60.6 cm³/mol. The number of nitro benzene ring substituents is 1. The summed E-state index contributed by atoms with van der Waals surface area (Å²) in [6.45, 7) is 3.54. The molecule has 0 heterocycles. The molecule has 86 valence electrons. The van der Waals surface area contributed by atoms with Crippen molar-refractivity contribution in [3.05, 3.63) is 38.9 Å². The van der Waals surface area contributed by atoms with Crippen LogP contribution < -0.4 is 5.73 Å². The van der Waals surface area contributed by atoms with Gasteiger partial charge in [-0.2, -0.15) is 0 Å². The van der Waals surface area contributed by atoms with Crippen LogP contribution in [-0.2, 0) is 0 Å². The molecule has 0 bridgehead atoms. The van der Waals surface area contributed by atoms with Gasteiger partial charge in [-0.1, -0.05) is 0 Å². The van der Waals surface area contributed by atoms with Crippen LogP contribution in [0.25, 0.3) is 0 Å². The van der Waals surface area contributed by atoms with Crippen molar-refractivity contribution in [1.29, 1.82) is 0 Å². The summed E-state index contributed by atoms with van der Waals surface area (Å²) in [5.41, 5.74) is 6.87. The van der Waals surface area contributed by atoms with Crippen molar-refractivity contribution >= 4 is 11.5 Å². The Kier molecular flexibility index (Phi) is 3.73. The zero-order valence-electron chi connectivity index (χ0n) is 9.32. The third-order valence-corrected chi connectivity index (χ3v) is 2.37. The summed E-state index contributed by atoms with van der Waals surface area (Å²) in [6, 6.07) is 3.09. The van der Waals surface area contributed by atoms with Crippen LogP contribution in [-0.4, -0.2) is 17.3 Å². The lowest BCUT2D eigenvalue weighted by molar-refractivity contribution is -0.386. The van der Waals surface area contributed by atoms with Gasteiger partial charge in [-0.3, -0.25) is 14.9 Å². The van der Waals surface area contributed by atoms with Crippen molar-refractivity contribution in [2.75, 3.05) is 6.54 Å². The lowest BCUT2D eigenvalue weighted by Crippen LogP contribution is -2.09. The Balaban J connectivity index is 3.19. The normalized spacial score (nSPS) is 10.2. The van der Waals surface area contributed by atoms with Gasteiger partial charge in [0.05, 0.1) is 4.92 Å². The van der Waals surface area contributed by atoms with Gasteiger partial charge in [0.2, 0.25) is 0 Å². The quantitative estimate of drug-likeness (QED) is 0.477. The van der Waals surface area contributed by atoms with E-state index in [2.05, 4.69) is 0 Å². The summed E-state index contributed by atoms with van der Waals surface area (Å²) in [4.78, 5) is 21.9. The molecule has 0 aromatic heterocycles. The number of hydrogen-bond acceptors (Lipinski definition) is 4. The maximum absolute atomic E-state index is 11.6. The summed E-state index contributed by atoms with van der Waals surface area (Å²) >= 11 is 0. The number of nitro groups is 1. The van der Waals surface area contributed by atoms with Crippen molar-refractivity contribution in [3.8, 4) is 0 Å². The lowest BCUT2D eigenvalue weighted by Gasteiger charge is -2.05. The number of nitrogens with two attached hydrogens (primary N) is 1. The largest absolute Gasteiger partial charge is 0.330 e. The van der Waals surface area contributed by atoms with Crippen LogP contribution in [0, 0.1) is 24.0 Å². The Hall–Kier alpha value is -1.75. The monoisotopic (exact) mass is 222 g/mol. The topological polar surface area (TPSA) is 86.2 Å². The number of carbonyl (C=O) groups is 1. The molecular formula is C11H14N2O3. The molecule has 0 spiro atoms. The van der Waals surface area contributed by atoms with Crippen LogP contribution >= 0.6 is 0 Å². The summed E-state index contributed by atoms with van der Waals surface area (Å²) in [5.74, 6) is -0.0800. The molecule has 5 heteroatoms. The average Bonchev–Trinajstić information content (AvgIpc) is 2.16. The third-order valence-electron chi connectivity index (χ3n) is 2.37. The van der Waals surface area contributed by atoms with Gasteiger partial charge in [-0.05, 0) is 32.5 Å². The second-order valence-corrected chi connectivity index (χ2v) is 3.68. The van der Waals surface area contributed by atoms with E-state index in [-0.39, 0.29) is 24.4 Å². The molecular weight excluding hydrogens is 208 g/mol. The molecule has 1 rings (SSSR count). The molecule has 0 fully saturated rings. The van der Waals surface area contributed by atoms with Gasteiger partial charge in [-0.25, -0.2) is 0 Å². The van der Waals surface area contributed by atoms with Gasteiger partial charge in [-0.15, -0.1) is 0 Å². The molecule has 5 nitrogen and oxygen atoms in total. The summed E-state index contributed by atoms with van der Waals surface area (Å²) in [6.07, 6.45) is 0.261. The Morgan fingerprint density at radius 1 is 1.38 bits per heavy atom. The van der Waals surface area contributed by atoms with E-state index in [1.54, 1.807) is 26.0 Å². The van der Waals surface area contributed by atoms with Crippen molar-refractivity contribution < 1.29 is 9.72 Å². The van der Waals surface area contributed by atoms with E-state index in [0.717, 1.165) is 0 Å². The highest BCUT2D eigenvalue weighted by molar-refractivity contribution is 5.97. The minimum Gasteiger partial charge on any atom is -0.330 e. The molecule has 0 atom stereocenters. The SMILES string of the molecule is Cc1cc(C(=O)CCN)cc(C)c1[N+](=O)[O-]. The van der Waals surface area contributed by atoms with Gasteiger partial charge in [0, 0.05) is 23.1 Å². The van der Waals surface area contributed by atoms with Crippen LogP contribution in [0.5, 0.6) is 0 Å². The molecule has 1 aromatic rings. The minimum atomic E-state index is -0.429. The van der Waals surface area contributed by atoms with Gasteiger partial charge in [0.15, 0.2) is 5.78 Å². The van der Waals surface area contributed by atoms with E-state index in [0.29, 0.717) is 16.7 Å². The zero-order chi connectivity index (χ0) is 12.3. The molecule has 2 N–H and O–H groups in total. The van der Waals surface area contributed by atoms with Gasteiger partial charge in [0.1, 0.15) is 0 Å². The Morgan fingerprint density at radius 2 is 1.88 bits per heavy atom. The fourth-order valence-corrected chi connectivity index (χ4v) is 1.68. The molecule has 0 aliphatic heterocycles. The van der Waals surface area contributed by atoms with Crippen LogP contribution in [0.4, 0.5) is 5.69 Å². The summed E-state index contributed by atoms with van der Waals surface area (Å²) in [7, 11) is 0. The van der Waals surface area contributed by atoms with E-state index in [1.807, 2.05) is 0 Å². The maximum Gasteiger partial charge on any atom is 0.275 e. The molecule has 0 aliphatic rings. The highest BCUT2D eigenvalue weighted by Gasteiger charge is 2.17. The standard InChI is InChI=1S/C11H14N2O3/c1-7-5-9(10(14)3-4-12)6-8(2)11(7)13(15)16/h5-6H,3-4,12H2,1-2H3. The first-order chi connectivity index (χ1) is 7.47. The smallest absolute Gasteiger partial charge is 0.275 e. The first-order valence-corrected chi connectivity index (χ1v) is 4.96. The van der Waals surface area contributed by atoms with E-state index in [4.69, 9.17) is 5.73 Å². The molecule has 0 unspecified atom stereocenters. The average molecular weight is 222 g/mol. The predicted octanol–water partition coefficient (Wildman–Crippen LogP) is 1.74. The highest BCUT2D eigenvalue weighted by Crippen LogP contribution is 2.24. The number of rotatable bonds is 4. The molecule has 0 radical (unpaired) electrons.